The van der Waals surface area contributed by atoms with Crippen molar-refractivity contribution >= 4 is 41.5 Å². The van der Waals surface area contributed by atoms with E-state index in [0.29, 0.717) is 32.2 Å². The molecule has 1 amide bonds. The number of nitrogens with zero attached hydrogens (tertiary/aromatic N) is 5. The summed E-state index contributed by atoms with van der Waals surface area (Å²) < 4.78 is 36.7. The number of alkyl halides is 2. The summed E-state index contributed by atoms with van der Waals surface area (Å²) in [7, 11) is 3.45. The van der Waals surface area contributed by atoms with Gasteiger partial charge in [-0.15, -0.1) is 24.0 Å². The van der Waals surface area contributed by atoms with Gasteiger partial charge in [-0.25, -0.2) is 0 Å². The van der Waals surface area contributed by atoms with Crippen LogP contribution < -0.4 is 19.7 Å². The van der Waals surface area contributed by atoms with Crippen LogP contribution in [0.15, 0.2) is 35.6 Å². The van der Waals surface area contributed by atoms with Gasteiger partial charge in [0.25, 0.3) is 0 Å². The zero-order valence-corrected chi connectivity index (χ0v) is 20.5. The SMILES string of the molecule is CCOc1cc(CNC(=NC)N2CCN(c3cnn(C)c3)C(=O)C2)ccc1OC(F)F.I. The van der Waals surface area contributed by atoms with Crippen LogP contribution in [0.4, 0.5) is 14.5 Å². The van der Waals surface area contributed by atoms with Crippen molar-refractivity contribution in [2.75, 3.05) is 38.2 Å². The normalized spacial score (nSPS) is 14.4. The predicted octanol–water partition coefficient (Wildman–Crippen LogP) is 2.46. The largest absolute Gasteiger partial charge is 0.490 e. The quantitative estimate of drug-likeness (QED) is 0.316. The molecule has 1 aliphatic rings. The van der Waals surface area contributed by atoms with Gasteiger partial charge in [-0.2, -0.15) is 13.9 Å². The summed E-state index contributed by atoms with van der Waals surface area (Å²) in [5, 5.41) is 7.32. The third kappa shape index (κ3) is 6.43. The summed E-state index contributed by atoms with van der Waals surface area (Å²) in [5.41, 5.74) is 1.57. The number of hydrogen-bond acceptors (Lipinski definition) is 5. The first-order chi connectivity index (χ1) is 14.9. The first kappa shape index (κ1) is 25.6. The Morgan fingerprint density at radius 1 is 1.31 bits per heavy atom. The number of anilines is 1. The number of carbonyl (C=O) groups is 1. The number of hydrogen-bond donors (Lipinski definition) is 1. The van der Waals surface area contributed by atoms with E-state index in [9.17, 15) is 13.6 Å². The standard InChI is InChI=1S/C20H26F2N6O3.HI/c1-4-30-17-9-14(5-6-16(17)31-19(21)22)10-24-20(23-2)27-7-8-28(18(29)13-27)15-11-25-26(3)12-15;/h5-6,9,11-12,19H,4,7-8,10,13H2,1-3H3,(H,23,24);1H. The molecular weight excluding hydrogens is 537 g/mol. The van der Waals surface area contributed by atoms with Crippen LogP contribution in [-0.2, 0) is 18.4 Å². The Hall–Kier alpha value is -2.64. The lowest BCUT2D eigenvalue weighted by atomic mass is 10.2. The molecule has 32 heavy (non-hydrogen) atoms. The molecule has 9 nitrogen and oxygen atoms in total. The van der Waals surface area contributed by atoms with Gasteiger partial charge in [-0.05, 0) is 24.6 Å². The van der Waals surface area contributed by atoms with Crippen LogP contribution in [0, 0.1) is 0 Å². The molecule has 0 atom stereocenters. The summed E-state index contributed by atoms with van der Waals surface area (Å²) >= 11 is 0. The number of ether oxygens (including phenoxy) is 2. The second-order valence-corrected chi connectivity index (χ2v) is 6.83. The fourth-order valence-corrected chi connectivity index (χ4v) is 3.31. The molecule has 3 rings (SSSR count). The zero-order chi connectivity index (χ0) is 22.4. The molecule has 0 saturated carbocycles. The summed E-state index contributed by atoms with van der Waals surface area (Å²) in [4.78, 5) is 20.5. The van der Waals surface area contributed by atoms with E-state index in [-0.39, 0.29) is 47.9 Å². The number of halogens is 3. The molecule has 1 aromatic heterocycles. The second-order valence-electron chi connectivity index (χ2n) is 6.83. The van der Waals surface area contributed by atoms with E-state index in [1.165, 1.54) is 6.07 Å². The van der Waals surface area contributed by atoms with Crippen molar-refractivity contribution in [3.05, 3.63) is 36.2 Å². The fraction of sp³-hybridized carbons (Fsp3) is 0.450. The maximum Gasteiger partial charge on any atom is 0.387 e. The van der Waals surface area contributed by atoms with Crippen LogP contribution in [0.2, 0.25) is 0 Å². The maximum absolute atomic E-state index is 12.6. The number of piperazine rings is 1. The van der Waals surface area contributed by atoms with Gasteiger partial charge in [0.05, 0.1) is 18.5 Å². The minimum absolute atomic E-state index is 0. The predicted molar refractivity (Wildman–Crippen MR) is 127 cm³/mol. The van der Waals surface area contributed by atoms with Crippen LogP contribution in [0.1, 0.15) is 12.5 Å². The highest BCUT2D eigenvalue weighted by molar-refractivity contribution is 14.0. The molecule has 2 aromatic rings. The highest BCUT2D eigenvalue weighted by Crippen LogP contribution is 2.30. The van der Waals surface area contributed by atoms with Crippen molar-refractivity contribution in [2.24, 2.45) is 12.0 Å². The molecular formula is C20H27F2IN6O3. The van der Waals surface area contributed by atoms with Gasteiger partial charge in [0.15, 0.2) is 17.5 Å². The molecule has 0 unspecified atom stereocenters. The highest BCUT2D eigenvalue weighted by atomic mass is 127. The average molecular weight is 564 g/mol. The molecule has 176 valence electrons. The number of guanidine groups is 1. The van der Waals surface area contributed by atoms with Gasteiger partial charge < -0.3 is 24.6 Å². The fourth-order valence-electron chi connectivity index (χ4n) is 3.31. The Kier molecular flexibility index (Phi) is 9.47. The number of carbonyl (C=O) groups excluding carboxylic acids is 1. The van der Waals surface area contributed by atoms with E-state index >= 15 is 0 Å². The van der Waals surface area contributed by atoms with E-state index in [1.54, 1.807) is 55.1 Å². The summed E-state index contributed by atoms with van der Waals surface area (Å²) in [6.45, 7) is 0.830. The Morgan fingerprint density at radius 3 is 2.69 bits per heavy atom. The second kappa shape index (κ2) is 11.8. The van der Waals surface area contributed by atoms with Crippen molar-refractivity contribution in [1.29, 1.82) is 0 Å². The van der Waals surface area contributed by atoms with Gasteiger partial charge >= 0.3 is 6.61 Å². The Balaban J connectivity index is 0.00000363. The van der Waals surface area contributed by atoms with E-state index < -0.39 is 6.61 Å². The van der Waals surface area contributed by atoms with Crippen LogP contribution in [0.5, 0.6) is 11.5 Å². The lowest BCUT2D eigenvalue weighted by Crippen LogP contribution is -2.55. The molecule has 0 aliphatic carbocycles. The smallest absolute Gasteiger partial charge is 0.387 e. The van der Waals surface area contributed by atoms with E-state index in [0.717, 1.165) is 11.3 Å². The van der Waals surface area contributed by atoms with Crippen LogP contribution in [0.3, 0.4) is 0 Å². The third-order valence-electron chi connectivity index (χ3n) is 4.71. The van der Waals surface area contributed by atoms with Crippen molar-refractivity contribution in [3.63, 3.8) is 0 Å². The Bertz CT molecular complexity index is 940. The number of aryl methyl sites for hydroxylation is 1. The van der Waals surface area contributed by atoms with Gasteiger partial charge in [0.2, 0.25) is 5.91 Å². The average Bonchev–Trinajstić information content (AvgIpc) is 3.16. The molecule has 12 heteroatoms. The maximum atomic E-state index is 12.6. The van der Waals surface area contributed by atoms with E-state index in [2.05, 4.69) is 20.1 Å². The minimum Gasteiger partial charge on any atom is -0.490 e. The Morgan fingerprint density at radius 2 is 2.09 bits per heavy atom. The van der Waals surface area contributed by atoms with Gasteiger partial charge in [-0.3, -0.25) is 14.5 Å². The summed E-state index contributed by atoms with van der Waals surface area (Å²) in [6, 6.07) is 4.77. The monoisotopic (exact) mass is 564 g/mol. The molecule has 0 bridgehead atoms. The highest BCUT2D eigenvalue weighted by Gasteiger charge is 2.27. The van der Waals surface area contributed by atoms with Crippen molar-refractivity contribution in [3.8, 4) is 11.5 Å². The topological polar surface area (TPSA) is 84.2 Å². The molecule has 1 saturated heterocycles. The molecule has 1 aliphatic heterocycles. The van der Waals surface area contributed by atoms with Crippen LogP contribution >= 0.6 is 24.0 Å². The van der Waals surface area contributed by atoms with E-state index in [4.69, 9.17) is 4.74 Å². The van der Waals surface area contributed by atoms with Crippen LogP contribution in [-0.4, -0.2) is 66.4 Å². The molecule has 1 aromatic carbocycles. The van der Waals surface area contributed by atoms with Crippen molar-refractivity contribution < 1.29 is 23.0 Å². The number of amides is 1. The molecule has 1 fully saturated rings. The molecule has 2 heterocycles. The number of nitrogens with one attached hydrogen (secondary N) is 1. The van der Waals surface area contributed by atoms with Gasteiger partial charge in [-0.1, -0.05) is 6.07 Å². The summed E-state index contributed by atoms with van der Waals surface area (Å²) in [5.74, 6) is 0.763. The van der Waals surface area contributed by atoms with Gasteiger partial charge in [0, 0.05) is 39.9 Å². The summed E-state index contributed by atoms with van der Waals surface area (Å²) in [6.07, 6.45) is 3.47. The molecule has 1 N–H and O–H groups in total. The molecule has 0 radical (unpaired) electrons. The van der Waals surface area contributed by atoms with Gasteiger partial charge in [0.1, 0.15) is 6.54 Å². The minimum atomic E-state index is -2.93. The number of aromatic nitrogens is 2. The zero-order valence-electron chi connectivity index (χ0n) is 18.1. The first-order valence-electron chi connectivity index (χ1n) is 9.86. The lowest BCUT2D eigenvalue weighted by molar-refractivity contribution is -0.120. The van der Waals surface area contributed by atoms with E-state index in [1.807, 2.05) is 4.90 Å². The Labute approximate surface area is 202 Å². The first-order valence-corrected chi connectivity index (χ1v) is 9.86. The third-order valence-corrected chi connectivity index (χ3v) is 4.71. The van der Waals surface area contributed by atoms with Crippen molar-refractivity contribution in [1.82, 2.24) is 20.0 Å². The number of benzene rings is 1. The van der Waals surface area contributed by atoms with Crippen molar-refractivity contribution in [2.45, 2.75) is 20.1 Å². The number of rotatable bonds is 7. The van der Waals surface area contributed by atoms with Crippen LogP contribution in [0.25, 0.3) is 0 Å². The number of aliphatic imine (C=N–C) groups is 1. The lowest BCUT2D eigenvalue weighted by Gasteiger charge is -2.35. The molecule has 0 spiro atoms.